The maximum absolute atomic E-state index is 11.9. The van der Waals surface area contributed by atoms with Crippen molar-refractivity contribution in [3.05, 3.63) is 17.1 Å². The zero-order chi connectivity index (χ0) is 15.5. The minimum absolute atomic E-state index is 0.158. The van der Waals surface area contributed by atoms with Crippen molar-refractivity contribution in [3.63, 3.8) is 0 Å². The third kappa shape index (κ3) is 2.95. The number of amides is 2. The van der Waals surface area contributed by atoms with Gasteiger partial charge in [-0.1, -0.05) is 0 Å². The molecule has 0 bridgehead atoms. The number of aryl methyl sites for hydroxylation is 1. The van der Waals surface area contributed by atoms with E-state index in [9.17, 15) is 9.59 Å². The molecule has 2 N–H and O–H groups in total. The van der Waals surface area contributed by atoms with Gasteiger partial charge >= 0.3 is 6.09 Å². The summed E-state index contributed by atoms with van der Waals surface area (Å²) in [5.74, 6) is 1.08. The Hall–Kier alpha value is -2.38. The number of nitrogens with one attached hydrogen (secondary N) is 2. The van der Waals surface area contributed by atoms with E-state index >= 15 is 0 Å². The summed E-state index contributed by atoms with van der Waals surface area (Å²) in [6.45, 7) is 4.66. The number of cyclic esters (lactones) is 1. The first-order valence-electron chi connectivity index (χ1n) is 7.46. The molecular weight excluding hydrogens is 286 g/mol. The number of hydrogen-bond donors (Lipinski definition) is 2. The van der Waals surface area contributed by atoms with Crippen molar-refractivity contribution in [2.75, 3.05) is 38.1 Å². The Morgan fingerprint density at radius 2 is 2.23 bits per heavy atom. The number of carbonyl (C=O) groups excluding carboxylic acids is 2. The molecule has 2 amide bonds. The lowest BCUT2D eigenvalue weighted by molar-refractivity contribution is 0.0746. The lowest BCUT2D eigenvalue weighted by Crippen LogP contribution is -2.40. The Labute approximate surface area is 128 Å². The predicted octanol–water partition coefficient (Wildman–Crippen LogP) is 0.325. The van der Waals surface area contributed by atoms with Crippen LogP contribution in [-0.2, 0) is 11.2 Å². The first-order valence-corrected chi connectivity index (χ1v) is 7.46. The Morgan fingerprint density at radius 1 is 1.36 bits per heavy atom. The van der Waals surface area contributed by atoms with Gasteiger partial charge in [0.2, 0.25) is 0 Å². The van der Waals surface area contributed by atoms with Crippen molar-refractivity contribution in [2.45, 2.75) is 19.8 Å². The SMILES string of the molecule is Cc1nc(NCCN2CCCOC2=O)c2c(n1)C(=O)NCC2. The summed E-state index contributed by atoms with van der Waals surface area (Å²) < 4.78 is 5.00. The molecule has 3 heterocycles. The average molecular weight is 305 g/mol. The summed E-state index contributed by atoms with van der Waals surface area (Å²) in [6.07, 6.45) is 1.29. The molecule has 2 aliphatic rings. The molecule has 0 atom stereocenters. The molecule has 1 fully saturated rings. The Bertz CT molecular complexity index is 604. The van der Waals surface area contributed by atoms with Gasteiger partial charge in [0.15, 0.2) is 0 Å². The van der Waals surface area contributed by atoms with E-state index in [1.54, 1.807) is 11.8 Å². The molecule has 0 aliphatic carbocycles. The Kier molecular flexibility index (Phi) is 4.08. The van der Waals surface area contributed by atoms with Gasteiger partial charge in [0, 0.05) is 31.7 Å². The minimum Gasteiger partial charge on any atom is -0.449 e. The summed E-state index contributed by atoms with van der Waals surface area (Å²) in [6, 6.07) is 0. The van der Waals surface area contributed by atoms with Crippen LogP contribution in [0.1, 0.15) is 28.3 Å². The molecule has 0 radical (unpaired) electrons. The van der Waals surface area contributed by atoms with Gasteiger partial charge in [0.1, 0.15) is 17.3 Å². The Morgan fingerprint density at radius 3 is 3.05 bits per heavy atom. The number of carbonyl (C=O) groups is 2. The van der Waals surface area contributed by atoms with E-state index in [2.05, 4.69) is 20.6 Å². The van der Waals surface area contributed by atoms with Crippen molar-refractivity contribution in [2.24, 2.45) is 0 Å². The summed E-state index contributed by atoms with van der Waals surface area (Å²) >= 11 is 0. The number of nitrogens with zero attached hydrogens (tertiary/aromatic N) is 3. The largest absolute Gasteiger partial charge is 0.449 e. The van der Waals surface area contributed by atoms with E-state index < -0.39 is 0 Å². The number of aromatic nitrogens is 2. The van der Waals surface area contributed by atoms with Crippen LogP contribution in [0.5, 0.6) is 0 Å². The first-order chi connectivity index (χ1) is 10.6. The van der Waals surface area contributed by atoms with Gasteiger partial charge in [-0.2, -0.15) is 0 Å². The van der Waals surface area contributed by atoms with Crippen molar-refractivity contribution >= 4 is 17.8 Å². The molecule has 8 heteroatoms. The topological polar surface area (TPSA) is 96.4 Å². The second kappa shape index (κ2) is 6.17. The fraction of sp³-hybridized carbons (Fsp3) is 0.571. The van der Waals surface area contributed by atoms with Crippen LogP contribution in [0.3, 0.4) is 0 Å². The van der Waals surface area contributed by atoms with Crippen LogP contribution >= 0.6 is 0 Å². The van der Waals surface area contributed by atoms with Gasteiger partial charge < -0.3 is 20.3 Å². The van der Waals surface area contributed by atoms with Crippen LogP contribution in [0, 0.1) is 6.92 Å². The highest BCUT2D eigenvalue weighted by atomic mass is 16.6. The van der Waals surface area contributed by atoms with Crippen LogP contribution in [0.4, 0.5) is 10.6 Å². The maximum Gasteiger partial charge on any atom is 0.409 e. The van der Waals surface area contributed by atoms with Crippen molar-refractivity contribution in [1.82, 2.24) is 20.2 Å². The van der Waals surface area contributed by atoms with E-state index in [4.69, 9.17) is 4.74 Å². The summed E-state index contributed by atoms with van der Waals surface area (Å²) in [5, 5.41) is 6.00. The lowest BCUT2D eigenvalue weighted by Gasteiger charge is -2.26. The molecule has 1 aromatic rings. The first kappa shape index (κ1) is 14.6. The van der Waals surface area contributed by atoms with Crippen molar-refractivity contribution in [1.29, 1.82) is 0 Å². The van der Waals surface area contributed by atoms with E-state index in [0.717, 1.165) is 12.0 Å². The number of anilines is 1. The third-order valence-electron chi connectivity index (χ3n) is 3.72. The smallest absolute Gasteiger partial charge is 0.409 e. The highest BCUT2D eigenvalue weighted by molar-refractivity contribution is 5.95. The lowest BCUT2D eigenvalue weighted by atomic mass is 10.1. The zero-order valence-electron chi connectivity index (χ0n) is 12.5. The van der Waals surface area contributed by atoms with Gasteiger partial charge in [-0.25, -0.2) is 14.8 Å². The molecule has 0 saturated carbocycles. The average Bonchev–Trinajstić information content (AvgIpc) is 2.50. The van der Waals surface area contributed by atoms with E-state index in [1.807, 2.05) is 0 Å². The fourth-order valence-electron chi connectivity index (χ4n) is 2.66. The molecule has 118 valence electrons. The summed E-state index contributed by atoms with van der Waals surface area (Å²) in [4.78, 5) is 33.7. The van der Waals surface area contributed by atoms with Crippen LogP contribution in [-0.4, -0.2) is 59.7 Å². The molecule has 1 saturated heterocycles. The standard InChI is InChI=1S/C14H19N5O3/c1-9-17-11-10(3-4-16-13(11)20)12(18-9)15-5-7-19-6-2-8-22-14(19)21/h2-8H2,1H3,(H,16,20)(H,15,17,18). The monoisotopic (exact) mass is 305 g/mol. The molecule has 22 heavy (non-hydrogen) atoms. The molecule has 8 nitrogen and oxygen atoms in total. The van der Waals surface area contributed by atoms with Gasteiger partial charge in [-0.3, -0.25) is 4.79 Å². The molecule has 2 aliphatic heterocycles. The van der Waals surface area contributed by atoms with E-state index in [0.29, 0.717) is 56.5 Å². The molecule has 1 aromatic heterocycles. The molecular formula is C14H19N5O3. The predicted molar refractivity (Wildman–Crippen MR) is 78.8 cm³/mol. The summed E-state index contributed by atoms with van der Waals surface area (Å²) in [7, 11) is 0. The van der Waals surface area contributed by atoms with Crippen LogP contribution in [0.15, 0.2) is 0 Å². The third-order valence-corrected chi connectivity index (χ3v) is 3.72. The highest BCUT2D eigenvalue weighted by Crippen LogP contribution is 2.20. The maximum atomic E-state index is 11.9. The second-order valence-electron chi connectivity index (χ2n) is 5.33. The number of rotatable bonds is 4. The molecule has 3 rings (SSSR count). The molecule has 0 unspecified atom stereocenters. The van der Waals surface area contributed by atoms with Gasteiger partial charge in [0.25, 0.3) is 5.91 Å². The van der Waals surface area contributed by atoms with Crippen LogP contribution in [0.25, 0.3) is 0 Å². The number of ether oxygens (including phenoxy) is 1. The van der Waals surface area contributed by atoms with Gasteiger partial charge in [0.05, 0.1) is 6.61 Å². The molecule has 0 spiro atoms. The van der Waals surface area contributed by atoms with Crippen LogP contribution in [0.2, 0.25) is 0 Å². The number of fused-ring (bicyclic) bond motifs is 1. The van der Waals surface area contributed by atoms with Gasteiger partial charge in [-0.15, -0.1) is 0 Å². The second-order valence-corrected chi connectivity index (χ2v) is 5.33. The minimum atomic E-state index is -0.270. The van der Waals surface area contributed by atoms with E-state index in [1.165, 1.54) is 0 Å². The quantitative estimate of drug-likeness (QED) is 0.832. The van der Waals surface area contributed by atoms with Crippen molar-refractivity contribution < 1.29 is 14.3 Å². The Balaban J connectivity index is 1.67. The normalized spacial score (nSPS) is 17.6. The van der Waals surface area contributed by atoms with Gasteiger partial charge in [-0.05, 0) is 19.8 Å². The zero-order valence-corrected chi connectivity index (χ0v) is 12.5. The van der Waals surface area contributed by atoms with Crippen molar-refractivity contribution in [3.8, 4) is 0 Å². The van der Waals surface area contributed by atoms with E-state index in [-0.39, 0.29) is 12.0 Å². The summed E-state index contributed by atoms with van der Waals surface area (Å²) in [5.41, 5.74) is 1.29. The fourth-order valence-corrected chi connectivity index (χ4v) is 2.66. The highest BCUT2D eigenvalue weighted by Gasteiger charge is 2.23. The molecule has 0 aromatic carbocycles. The van der Waals surface area contributed by atoms with Crippen LogP contribution < -0.4 is 10.6 Å². The number of hydrogen-bond acceptors (Lipinski definition) is 6.